The Hall–Kier alpha value is -3.60. The first kappa shape index (κ1) is 18.4. The van der Waals surface area contributed by atoms with Crippen molar-refractivity contribution in [2.24, 2.45) is 0 Å². The number of fused-ring (bicyclic) bond motifs is 4. The number of carboxylic acids is 1. The van der Waals surface area contributed by atoms with Crippen LogP contribution in [-0.4, -0.2) is 16.1 Å². The van der Waals surface area contributed by atoms with Gasteiger partial charge in [0, 0.05) is 10.9 Å². The molecule has 0 fully saturated rings. The zero-order valence-electron chi connectivity index (χ0n) is 16.0. The van der Waals surface area contributed by atoms with Crippen molar-refractivity contribution in [1.82, 2.24) is 4.98 Å². The summed E-state index contributed by atoms with van der Waals surface area (Å²) in [4.78, 5) is 16.7. The molecule has 0 atom stereocenters. The van der Waals surface area contributed by atoms with Crippen molar-refractivity contribution >= 4 is 16.9 Å². The van der Waals surface area contributed by atoms with Gasteiger partial charge in [-0.05, 0) is 65.8 Å². The van der Waals surface area contributed by atoms with Crippen LogP contribution in [-0.2, 0) is 12.8 Å². The van der Waals surface area contributed by atoms with E-state index in [0.717, 1.165) is 16.7 Å². The zero-order chi connectivity index (χ0) is 20.8. The van der Waals surface area contributed by atoms with E-state index in [4.69, 9.17) is 0 Å². The maximum atomic E-state index is 15.4. The van der Waals surface area contributed by atoms with Crippen molar-refractivity contribution in [3.63, 3.8) is 0 Å². The molecule has 3 aromatic carbocycles. The second-order valence-corrected chi connectivity index (χ2v) is 7.49. The maximum Gasteiger partial charge on any atom is 0.336 e. The predicted molar refractivity (Wildman–Crippen MR) is 112 cm³/mol. The van der Waals surface area contributed by atoms with Crippen molar-refractivity contribution in [3.05, 3.63) is 89.0 Å². The molecular formula is C25H17F2NO2. The summed E-state index contributed by atoms with van der Waals surface area (Å²) in [5, 5.41) is 10.1. The summed E-state index contributed by atoms with van der Waals surface area (Å²) < 4.78 is 29.2. The van der Waals surface area contributed by atoms with Crippen molar-refractivity contribution in [3.8, 4) is 22.4 Å². The second-order valence-electron chi connectivity index (χ2n) is 7.49. The highest BCUT2D eigenvalue weighted by atomic mass is 19.1. The van der Waals surface area contributed by atoms with Crippen LogP contribution in [0.3, 0.4) is 0 Å². The first-order valence-corrected chi connectivity index (χ1v) is 9.76. The average Bonchev–Trinajstić information content (AvgIpc) is 2.91. The molecule has 5 heteroatoms. The minimum absolute atomic E-state index is 0.00823. The van der Waals surface area contributed by atoms with E-state index in [1.165, 1.54) is 24.3 Å². The Bertz CT molecular complexity index is 1320. The van der Waals surface area contributed by atoms with Crippen LogP contribution >= 0.6 is 0 Å². The molecule has 1 aliphatic carbocycles. The van der Waals surface area contributed by atoms with Crippen LogP contribution in [0.5, 0.6) is 0 Å². The van der Waals surface area contributed by atoms with Crippen molar-refractivity contribution in [1.29, 1.82) is 0 Å². The molecule has 3 nitrogen and oxygen atoms in total. The van der Waals surface area contributed by atoms with E-state index < -0.39 is 17.6 Å². The summed E-state index contributed by atoms with van der Waals surface area (Å²) in [6.07, 6.45) is 1.69. The van der Waals surface area contributed by atoms with Crippen LogP contribution in [0.4, 0.5) is 8.78 Å². The van der Waals surface area contributed by atoms with Gasteiger partial charge in [-0.15, -0.1) is 0 Å². The lowest BCUT2D eigenvalue weighted by atomic mass is 9.93. The number of aryl methyl sites for hydroxylation is 1. The fraction of sp³-hybridized carbons (Fsp3) is 0.120. The molecule has 0 amide bonds. The molecule has 0 aliphatic heterocycles. The molecule has 1 heterocycles. The molecular weight excluding hydrogens is 384 g/mol. The Balaban J connectivity index is 1.81. The van der Waals surface area contributed by atoms with E-state index in [1.54, 1.807) is 0 Å². The van der Waals surface area contributed by atoms with Crippen LogP contribution in [0.25, 0.3) is 33.3 Å². The molecule has 0 saturated carbocycles. The maximum absolute atomic E-state index is 15.4. The Morgan fingerprint density at radius 3 is 2.50 bits per heavy atom. The van der Waals surface area contributed by atoms with Crippen molar-refractivity contribution in [2.45, 2.75) is 19.3 Å². The Kier molecular flexibility index (Phi) is 4.31. The first-order chi connectivity index (χ1) is 14.5. The summed E-state index contributed by atoms with van der Waals surface area (Å²) >= 11 is 0. The van der Waals surface area contributed by atoms with Gasteiger partial charge in [0.1, 0.15) is 11.6 Å². The largest absolute Gasteiger partial charge is 0.478 e. The smallest absolute Gasteiger partial charge is 0.336 e. The summed E-state index contributed by atoms with van der Waals surface area (Å²) in [7, 11) is 0. The first-order valence-electron chi connectivity index (χ1n) is 9.76. The van der Waals surface area contributed by atoms with Gasteiger partial charge in [0.2, 0.25) is 0 Å². The van der Waals surface area contributed by atoms with E-state index >= 15 is 4.39 Å². The zero-order valence-corrected chi connectivity index (χ0v) is 16.0. The third kappa shape index (κ3) is 2.94. The number of benzene rings is 3. The standard InChI is InChI=1S/C25H17F2NO2/c26-17-9-10-21-19(13-17)23(25(29)30)18-8-4-7-15-11-16(14-5-2-1-3-6-14)12-20(27)22(15)24(18)28-21/h1-3,5-6,9-13H,4,7-8H2,(H,29,30). The molecule has 30 heavy (non-hydrogen) atoms. The SMILES string of the molecule is O=C(O)c1c2c(nc3ccc(F)cc13)-c1c(F)cc(-c3ccccc3)cc1CCC2. The van der Waals surface area contributed by atoms with E-state index in [0.29, 0.717) is 41.6 Å². The van der Waals surface area contributed by atoms with E-state index in [2.05, 4.69) is 4.98 Å². The van der Waals surface area contributed by atoms with Crippen LogP contribution in [0, 0.1) is 11.6 Å². The molecule has 0 bridgehead atoms. The quantitative estimate of drug-likeness (QED) is 0.446. The number of rotatable bonds is 2. The monoisotopic (exact) mass is 401 g/mol. The third-order valence-electron chi connectivity index (χ3n) is 5.65. The molecule has 1 aromatic heterocycles. The number of nitrogens with zero attached hydrogens (tertiary/aromatic N) is 1. The fourth-order valence-electron chi connectivity index (χ4n) is 4.35. The Labute approximate surface area is 171 Å². The summed E-state index contributed by atoms with van der Waals surface area (Å²) in [6.45, 7) is 0. The van der Waals surface area contributed by atoms with Crippen molar-refractivity contribution < 1.29 is 18.7 Å². The van der Waals surface area contributed by atoms with Gasteiger partial charge in [0.15, 0.2) is 0 Å². The molecule has 148 valence electrons. The number of pyridine rings is 1. The van der Waals surface area contributed by atoms with Crippen LogP contribution in [0.1, 0.15) is 27.9 Å². The minimum atomic E-state index is -1.16. The lowest BCUT2D eigenvalue weighted by molar-refractivity contribution is 0.0698. The van der Waals surface area contributed by atoms with Gasteiger partial charge in [-0.2, -0.15) is 0 Å². The van der Waals surface area contributed by atoms with Gasteiger partial charge < -0.3 is 5.11 Å². The van der Waals surface area contributed by atoms with Crippen LogP contribution in [0.2, 0.25) is 0 Å². The molecule has 0 spiro atoms. The van der Waals surface area contributed by atoms with Gasteiger partial charge in [0.05, 0.1) is 16.8 Å². The Morgan fingerprint density at radius 2 is 1.73 bits per heavy atom. The van der Waals surface area contributed by atoms with E-state index in [1.807, 2.05) is 36.4 Å². The summed E-state index contributed by atoms with van der Waals surface area (Å²) in [6, 6.07) is 16.9. The third-order valence-corrected chi connectivity index (χ3v) is 5.65. The van der Waals surface area contributed by atoms with Gasteiger partial charge in [0.25, 0.3) is 0 Å². The molecule has 1 N–H and O–H groups in total. The lowest BCUT2D eigenvalue weighted by Crippen LogP contribution is -2.08. The number of aromatic nitrogens is 1. The molecule has 4 aromatic rings. The van der Waals surface area contributed by atoms with E-state index in [-0.39, 0.29) is 10.9 Å². The highest BCUT2D eigenvalue weighted by Gasteiger charge is 2.27. The summed E-state index contributed by atoms with van der Waals surface area (Å²) in [5.41, 5.74) is 3.99. The van der Waals surface area contributed by atoms with Crippen molar-refractivity contribution in [2.75, 3.05) is 0 Å². The topological polar surface area (TPSA) is 50.2 Å². The highest BCUT2D eigenvalue weighted by Crippen LogP contribution is 2.39. The predicted octanol–water partition coefficient (Wildman–Crippen LogP) is 6.03. The van der Waals surface area contributed by atoms with Gasteiger partial charge in [-0.25, -0.2) is 18.6 Å². The van der Waals surface area contributed by atoms with Crippen LogP contribution in [0.15, 0.2) is 60.7 Å². The normalized spacial score (nSPS) is 12.9. The molecule has 5 rings (SSSR count). The Morgan fingerprint density at radius 1 is 0.933 bits per heavy atom. The van der Waals surface area contributed by atoms with Crippen LogP contribution < -0.4 is 0 Å². The van der Waals surface area contributed by atoms with Gasteiger partial charge in [-0.1, -0.05) is 36.4 Å². The molecule has 1 aliphatic rings. The summed E-state index contributed by atoms with van der Waals surface area (Å²) in [5.74, 6) is -2.12. The number of carboxylic acid groups (broad SMARTS) is 1. The number of hydrogen-bond acceptors (Lipinski definition) is 2. The number of aromatic carboxylic acids is 1. The molecule has 0 saturated heterocycles. The number of carbonyl (C=O) groups is 1. The molecule has 0 radical (unpaired) electrons. The van der Waals surface area contributed by atoms with E-state index in [9.17, 15) is 14.3 Å². The number of halogens is 2. The average molecular weight is 401 g/mol. The van der Waals surface area contributed by atoms with Gasteiger partial charge in [-0.3, -0.25) is 0 Å². The lowest BCUT2D eigenvalue weighted by Gasteiger charge is -2.15. The van der Waals surface area contributed by atoms with Gasteiger partial charge >= 0.3 is 5.97 Å². The fourth-order valence-corrected chi connectivity index (χ4v) is 4.35. The highest BCUT2D eigenvalue weighted by molar-refractivity contribution is 6.06. The minimum Gasteiger partial charge on any atom is -0.478 e. The number of hydrogen-bond donors (Lipinski definition) is 1. The second kappa shape index (κ2) is 7.02. The molecule has 0 unspecified atom stereocenters.